The minimum atomic E-state index is -0.401. The number of anilines is 1. The molecule has 0 spiro atoms. The van der Waals surface area contributed by atoms with E-state index in [1.54, 1.807) is 11.8 Å². The van der Waals surface area contributed by atoms with Crippen molar-refractivity contribution in [1.29, 1.82) is 0 Å². The number of aromatic nitrogens is 3. The number of rotatable bonds is 8. The summed E-state index contributed by atoms with van der Waals surface area (Å²) in [6.07, 6.45) is 0.951. The normalized spacial score (nSPS) is 11.8. The number of carbonyl (C=O) groups is 1. The second kappa shape index (κ2) is 11.4. The number of thioether (sulfide) groups is 1. The summed E-state index contributed by atoms with van der Waals surface area (Å²) in [5, 5.41) is 16.2. The summed E-state index contributed by atoms with van der Waals surface area (Å²) in [4.78, 5) is 12.7. The zero-order chi connectivity index (χ0) is 24.8. The van der Waals surface area contributed by atoms with E-state index in [0.717, 1.165) is 34.3 Å². The van der Waals surface area contributed by atoms with E-state index in [1.807, 2.05) is 79.1 Å². The standard InChI is InChI=1S/C27H28ClN5OS/c1-4-20-11-14-23(15-12-20)30-26(34)29-19(3)25-31-32-27(35-17-21-8-6-5-7-9-21)33(25)24-16-22(28)13-10-18(24)2/h5-16,19H,4,17H2,1-3H3,(H2,29,30,34). The van der Waals surface area contributed by atoms with Crippen molar-refractivity contribution in [2.75, 3.05) is 5.32 Å². The number of nitrogens with zero attached hydrogens (tertiary/aromatic N) is 3. The molecule has 2 amide bonds. The number of hydrogen-bond acceptors (Lipinski definition) is 4. The molecule has 0 bridgehead atoms. The molecule has 0 radical (unpaired) electrons. The highest BCUT2D eigenvalue weighted by Crippen LogP contribution is 2.30. The molecule has 6 nitrogen and oxygen atoms in total. The first-order valence-corrected chi connectivity index (χ1v) is 12.9. The van der Waals surface area contributed by atoms with Crippen molar-refractivity contribution in [2.45, 2.75) is 44.1 Å². The van der Waals surface area contributed by atoms with Gasteiger partial charge >= 0.3 is 6.03 Å². The molecule has 4 aromatic rings. The molecule has 1 aromatic heterocycles. The molecule has 0 saturated carbocycles. The number of halogens is 1. The van der Waals surface area contributed by atoms with Gasteiger partial charge in [0.05, 0.1) is 11.7 Å². The number of hydrogen-bond donors (Lipinski definition) is 2. The number of nitrogens with one attached hydrogen (secondary N) is 2. The van der Waals surface area contributed by atoms with Crippen molar-refractivity contribution in [1.82, 2.24) is 20.1 Å². The molecule has 2 N–H and O–H groups in total. The van der Waals surface area contributed by atoms with Gasteiger partial charge in [-0.05, 0) is 61.2 Å². The third kappa shape index (κ3) is 6.24. The van der Waals surface area contributed by atoms with E-state index in [2.05, 4.69) is 39.9 Å². The van der Waals surface area contributed by atoms with Crippen molar-refractivity contribution in [3.05, 3.63) is 100 Å². The summed E-state index contributed by atoms with van der Waals surface area (Å²) in [7, 11) is 0. The topological polar surface area (TPSA) is 71.8 Å². The average Bonchev–Trinajstić information content (AvgIpc) is 3.29. The Morgan fingerprint density at radius 2 is 1.77 bits per heavy atom. The molecule has 0 saturated heterocycles. The lowest BCUT2D eigenvalue weighted by atomic mass is 10.1. The quantitative estimate of drug-likeness (QED) is 0.254. The van der Waals surface area contributed by atoms with Crippen LogP contribution in [0.15, 0.2) is 78.0 Å². The zero-order valence-corrected chi connectivity index (χ0v) is 21.5. The first-order chi connectivity index (χ1) is 16.9. The number of amides is 2. The highest BCUT2D eigenvalue weighted by atomic mass is 35.5. The lowest BCUT2D eigenvalue weighted by molar-refractivity contribution is 0.249. The molecule has 0 aliphatic carbocycles. The van der Waals surface area contributed by atoms with Crippen LogP contribution in [-0.2, 0) is 12.2 Å². The Morgan fingerprint density at radius 1 is 1.03 bits per heavy atom. The van der Waals surface area contributed by atoms with Crippen LogP contribution in [0.5, 0.6) is 0 Å². The van der Waals surface area contributed by atoms with Gasteiger partial charge in [0.1, 0.15) is 0 Å². The molecule has 1 unspecified atom stereocenters. The predicted molar refractivity (Wildman–Crippen MR) is 143 cm³/mol. The van der Waals surface area contributed by atoms with Crippen molar-refractivity contribution < 1.29 is 4.79 Å². The third-order valence-corrected chi connectivity index (χ3v) is 6.87. The summed E-state index contributed by atoms with van der Waals surface area (Å²) in [5.74, 6) is 1.37. The zero-order valence-electron chi connectivity index (χ0n) is 20.0. The molecule has 1 heterocycles. The SMILES string of the molecule is CCc1ccc(NC(=O)NC(C)c2nnc(SCc3ccccc3)n2-c2cc(Cl)ccc2C)cc1. The van der Waals surface area contributed by atoms with E-state index in [9.17, 15) is 4.79 Å². The van der Waals surface area contributed by atoms with Crippen LogP contribution in [0.2, 0.25) is 5.02 Å². The molecule has 0 fully saturated rings. The minimum absolute atomic E-state index is 0.308. The van der Waals surface area contributed by atoms with E-state index >= 15 is 0 Å². The van der Waals surface area contributed by atoms with Gasteiger partial charge in [-0.3, -0.25) is 4.57 Å². The lowest BCUT2D eigenvalue weighted by Crippen LogP contribution is -2.32. The van der Waals surface area contributed by atoms with Crippen LogP contribution < -0.4 is 10.6 Å². The van der Waals surface area contributed by atoms with Gasteiger partial charge in [-0.1, -0.05) is 78.8 Å². The van der Waals surface area contributed by atoms with E-state index in [-0.39, 0.29) is 6.03 Å². The van der Waals surface area contributed by atoms with Gasteiger partial charge in [-0.25, -0.2) is 4.79 Å². The molecule has 0 aliphatic heterocycles. The Balaban J connectivity index is 1.58. The number of carbonyl (C=O) groups excluding carboxylic acids is 1. The summed E-state index contributed by atoms with van der Waals surface area (Å²) in [5.41, 5.74) is 5.06. The Labute approximate surface area is 215 Å². The van der Waals surface area contributed by atoms with Crippen LogP contribution in [0.25, 0.3) is 5.69 Å². The third-order valence-electron chi connectivity index (χ3n) is 5.64. The molecule has 180 valence electrons. The van der Waals surface area contributed by atoms with Crippen LogP contribution >= 0.6 is 23.4 Å². The van der Waals surface area contributed by atoms with Gasteiger partial charge in [0.15, 0.2) is 11.0 Å². The van der Waals surface area contributed by atoms with Gasteiger partial charge < -0.3 is 10.6 Å². The van der Waals surface area contributed by atoms with Crippen LogP contribution in [0.4, 0.5) is 10.5 Å². The Kier molecular flexibility index (Phi) is 8.10. The van der Waals surface area contributed by atoms with Gasteiger partial charge in [0.25, 0.3) is 0 Å². The van der Waals surface area contributed by atoms with Gasteiger partial charge in [-0.15, -0.1) is 10.2 Å². The molecule has 0 aliphatic rings. The fourth-order valence-electron chi connectivity index (χ4n) is 3.68. The summed E-state index contributed by atoms with van der Waals surface area (Å²) >= 11 is 7.94. The summed E-state index contributed by atoms with van der Waals surface area (Å²) in [6, 6.07) is 23.1. The van der Waals surface area contributed by atoms with E-state index < -0.39 is 6.04 Å². The highest BCUT2D eigenvalue weighted by Gasteiger charge is 2.22. The maximum atomic E-state index is 12.7. The molecule has 1 atom stereocenters. The smallest absolute Gasteiger partial charge is 0.319 e. The van der Waals surface area contributed by atoms with E-state index in [1.165, 1.54) is 11.1 Å². The van der Waals surface area contributed by atoms with Gasteiger partial charge in [0.2, 0.25) is 0 Å². The molecule has 3 aromatic carbocycles. The molecule has 4 rings (SSSR count). The number of urea groups is 1. The summed E-state index contributed by atoms with van der Waals surface area (Å²) < 4.78 is 1.98. The minimum Gasteiger partial charge on any atom is -0.328 e. The Morgan fingerprint density at radius 3 is 2.49 bits per heavy atom. The maximum Gasteiger partial charge on any atom is 0.319 e. The molecule has 8 heteroatoms. The largest absolute Gasteiger partial charge is 0.328 e. The fourth-order valence-corrected chi connectivity index (χ4v) is 4.75. The van der Waals surface area contributed by atoms with Crippen LogP contribution in [0.3, 0.4) is 0 Å². The van der Waals surface area contributed by atoms with Crippen molar-refractivity contribution in [3.63, 3.8) is 0 Å². The molecular formula is C27H28ClN5OS. The average molecular weight is 506 g/mol. The summed E-state index contributed by atoms with van der Waals surface area (Å²) in [6.45, 7) is 6.01. The number of aryl methyl sites for hydroxylation is 2. The predicted octanol–water partition coefficient (Wildman–Crippen LogP) is 6.97. The maximum absolute atomic E-state index is 12.7. The molecular weight excluding hydrogens is 478 g/mol. The Hall–Kier alpha value is -3.29. The van der Waals surface area contributed by atoms with E-state index in [4.69, 9.17) is 11.6 Å². The lowest BCUT2D eigenvalue weighted by Gasteiger charge is -2.18. The second-order valence-corrected chi connectivity index (χ2v) is 9.63. The number of benzene rings is 3. The Bertz CT molecular complexity index is 1290. The highest BCUT2D eigenvalue weighted by molar-refractivity contribution is 7.98. The van der Waals surface area contributed by atoms with Crippen LogP contribution in [0, 0.1) is 6.92 Å². The van der Waals surface area contributed by atoms with Crippen molar-refractivity contribution in [3.8, 4) is 5.69 Å². The van der Waals surface area contributed by atoms with Crippen molar-refractivity contribution >= 4 is 35.1 Å². The van der Waals surface area contributed by atoms with E-state index in [0.29, 0.717) is 10.8 Å². The first-order valence-electron chi connectivity index (χ1n) is 11.5. The fraction of sp³-hybridized carbons (Fsp3) is 0.222. The first kappa shape index (κ1) is 24.8. The van der Waals surface area contributed by atoms with Crippen LogP contribution in [0.1, 0.15) is 42.4 Å². The monoisotopic (exact) mass is 505 g/mol. The van der Waals surface area contributed by atoms with Crippen LogP contribution in [-0.4, -0.2) is 20.8 Å². The van der Waals surface area contributed by atoms with Crippen molar-refractivity contribution in [2.24, 2.45) is 0 Å². The second-order valence-electron chi connectivity index (χ2n) is 8.25. The van der Waals surface area contributed by atoms with Gasteiger partial charge in [0, 0.05) is 16.5 Å². The molecule has 35 heavy (non-hydrogen) atoms. The van der Waals surface area contributed by atoms with Gasteiger partial charge in [-0.2, -0.15) is 0 Å².